The van der Waals surface area contributed by atoms with Gasteiger partial charge in [0.15, 0.2) is 0 Å². The van der Waals surface area contributed by atoms with E-state index in [0.29, 0.717) is 24.9 Å². The minimum Gasteiger partial charge on any atom is -0.478 e. The smallest absolute Gasteiger partial charge is 0.335 e. The number of hydrogen-bond donors (Lipinski definition) is 3. The number of carboxylic acids is 2. The lowest BCUT2D eigenvalue weighted by molar-refractivity contribution is 0.0695. The molecule has 4 N–H and O–H groups in total. The summed E-state index contributed by atoms with van der Waals surface area (Å²) in [5, 5.41) is 18.0. The van der Waals surface area contributed by atoms with Gasteiger partial charge < -0.3 is 15.9 Å². The van der Waals surface area contributed by atoms with Crippen LogP contribution >= 0.6 is 0 Å². The molecule has 0 aliphatic rings. The van der Waals surface area contributed by atoms with Crippen LogP contribution in [0.4, 0.5) is 0 Å². The van der Waals surface area contributed by atoms with Gasteiger partial charge in [0.25, 0.3) is 0 Å². The molecule has 0 radical (unpaired) electrons. The number of nitrogens with two attached hydrogens (primary N) is 1. The number of carbonyl (C=O) groups is 2. The summed E-state index contributed by atoms with van der Waals surface area (Å²) in [7, 11) is 0. The molecular weight excluding hydrogens is 222 g/mol. The van der Waals surface area contributed by atoms with Crippen LogP contribution in [0.2, 0.25) is 0 Å². The molecule has 0 aromatic heterocycles. The van der Waals surface area contributed by atoms with Crippen molar-refractivity contribution in [3.05, 3.63) is 34.9 Å². The molecule has 0 aliphatic heterocycles. The summed E-state index contributed by atoms with van der Waals surface area (Å²) in [4.78, 5) is 22.0. The molecule has 5 nitrogen and oxygen atoms in total. The van der Waals surface area contributed by atoms with Crippen molar-refractivity contribution < 1.29 is 19.8 Å². The third-order valence-electron chi connectivity index (χ3n) is 2.52. The molecule has 0 spiro atoms. The van der Waals surface area contributed by atoms with Gasteiger partial charge >= 0.3 is 11.9 Å². The molecule has 0 heterocycles. The summed E-state index contributed by atoms with van der Waals surface area (Å²) in [6.45, 7) is 0.512. The molecule has 0 saturated heterocycles. The van der Waals surface area contributed by atoms with Crippen molar-refractivity contribution in [3.8, 4) is 0 Å². The van der Waals surface area contributed by atoms with E-state index in [1.165, 1.54) is 18.2 Å². The molecule has 0 amide bonds. The first-order chi connectivity index (χ1) is 8.07. The van der Waals surface area contributed by atoms with Gasteiger partial charge in [-0.15, -0.1) is 0 Å². The molecule has 0 fully saturated rings. The number of rotatable bonds is 6. The standard InChI is InChI=1S/C12H15NO4/c13-7-2-1-4-8-9(11(14)15)5-3-6-10(8)12(16)17/h3,5-6H,1-2,4,7,13H2,(H,14,15)(H,16,17). The van der Waals surface area contributed by atoms with Gasteiger partial charge in [-0.05, 0) is 43.5 Å². The summed E-state index contributed by atoms with van der Waals surface area (Å²) >= 11 is 0. The van der Waals surface area contributed by atoms with Crippen molar-refractivity contribution in [2.24, 2.45) is 5.73 Å². The maximum atomic E-state index is 11.0. The minimum absolute atomic E-state index is 0.0573. The zero-order chi connectivity index (χ0) is 12.8. The number of unbranched alkanes of at least 4 members (excludes halogenated alkanes) is 1. The van der Waals surface area contributed by atoms with Crippen LogP contribution < -0.4 is 5.73 Å². The van der Waals surface area contributed by atoms with Gasteiger partial charge in [0.1, 0.15) is 0 Å². The average Bonchev–Trinajstić information content (AvgIpc) is 2.28. The Balaban J connectivity index is 3.10. The Labute approximate surface area is 98.9 Å². The topological polar surface area (TPSA) is 101 Å². The Morgan fingerprint density at radius 2 is 1.59 bits per heavy atom. The molecule has 1 aromatic rings. The van der Waals surface area contributed by atoms with Crippen molar-refractivity contribution in [2.45, 2.75) is 19.3 Å². The van der Waals surface area contributed by atoms with Crippen LogP contribution in [0.3, 0.4) is 0 Å². The van der Waals surface area contributed by atoms with E-state index in [2.05, 4.69) is 0 Å². The normalized spacial score (nSPS) is 10.2. The Morgan fingerprint density at radius 1 is 1.06 bits per heavy atom. The van der Waals surface area contributed by atoms with Gasteiger partial charge in [0.05, 0.1) is 11.1 Å². The highest BCUT2D eigenvalue weighted by atomic mass is 16.4. The van der Waals surface area contributed by atoms with E-state index in [-0.39, 0.29) is 11.1 Å². The summed E-state index contributed by atoms with van der Waals surface area (Å²) in [5.74, 6) is -2.20. The van der Waals surface area contributed by atoms with E-state index >= 15 is 0 Å². The first-order valence-electron chi connectivity index (χ1n) is 5.36. The quantitative estimate of drug-likeness (QED) is 0.648. The van der Waals surface area contributed by atoms with Crippen molar-refractivity contribution in [1.29, 1.82) is 0 Å². The maximum absolute atomic E-state index is 11.0. The Bertz CT molecular complexity index is 396. The second-order valence-corrected chi connectivity index (χ2v) is 3.69. The van der Waals surface area contributed by atoms with Crippen LogP contribution in [0, 0.1) is 0 Å². The van der Waals surface area contributed by atoms with Crippen LogP contribution in [0.15, 0.2) is 18.2 Å². The minimum atomic E-state index is -1.10. The fourth-order valence-electron chi connectivity index (χ4n) is 1.70. The predicted octanol–water partition coefficient (Wildman–Crippen LogP) is 1.36. The zero-order valence-electron chi connectivity index (χ0n) is 9.35. The highest BCUT2D eigenvalue weighted by Crippen LogP contribution is 2.18. The monoisotopic (exact) mass is 237 g/mol. The van der Waals surface area contributed by atoms with E-state index < -0.39 is 11.9 Å². The Kier molecular flexibility index (Phi) is 4.66. The highest BCUT2D eigenvalue weighted by Gasteiger charge is 2.17. The molecule has 0 aliphatic carbocycles. The van der Waals surface area contributed by atoms with Crippen molar-refractivity contribution in [1.82, 2.24) is 0 Å². The van der Waals surface area contributed by atoms with Gasteiger partial charge in [-0.25, -0.2) is 9.59 Å². The predicted molar refractivity (Wildman–Crippen MR) is 62.4 cm³/mol. The van der Waals surface area contributed by atoms with Crippen LogP contribution in [-0.2, 0) is 6.42 Å². The first-order valence-corrected chi connectivity index (χ1v) is 5.36. The summed E-state index contributed by atoms with van der Waals surface area (Å²) in [6, 6.07) is 4.29. The number of hydrogen-bond acceptors (Lipinski definition) is 3. The number of aromatic carboxylic acids is 2. The van der Waals surface area contributed by atoms with Crippen LogP contribution in [0.25, 0.3) is 0 Å². The second kappa shape index (κ2) is 6.00. The lowest BCUT2D eigenvalue weighted by Gasteiger charge is -2.09. The SMILES string of the molecule is NCCCCc1c(C(=O)O)cccc1C(=O)O. The van der Waals surface area contributed by atoms with E-state index in [0.717, 1.165) is 6.42 Å². The van der Waals surface area contributed by atoms with Crippen molar-refractivity contribution in [2.75, 3.05) is 6.54 Å². The summed E-state index contributed by atoms with van der Waals surface area (Å²) < 4.78 is 0. The van der Waals surface area contributed by atoms with Gasteiger partial charge in [0.2, 0.25) is 0 Å². The third-order valence-corrected chi connectivity index (χ3v) is 2.52. The highest BCUT2D eigenvalue weighted by molar-refractivity contribution is 5.96. The Hall–Kier alpha value is -1.88. The van der Waals surface area contributed by atoms with Gasteiger partial charge in [0, 0.05) is 0 Å². The first kappa shape index (κ1) is 13.2. The fourth-order valence-corrected chi connectivity index (χ4v) is 1.70. The summed E-state index contributed by atoms with van der Waals surface area (Å²) in [6.07, 6.45) is 1.84. The number of carboxylic acid groups (broad SMARTS) is 2. The molecule has 0 unspecified atom stereocenters. The van der Waals surface area contributed by atoms with Gasteiger partial charge in [-0.3, -0.25) is 0 Å². The maximum Gasteiger partial charge on any atom is 0.335 e. The largest absolute Gasteiger partial charge is 0.478 e. The zero-order valence-corrected chi connectivity index (χ0v) is 9.35. The number of benzene rings is 1. The van der Waals surface area contributed by atoms with E-state index in [1.807, 2.05) is 0 Å². The lowest BCUT2D eigenvalue weighted by Crippen LogP contribution is -2.10. The van der Waals surface area contributed by atoms with Gasteiger partial charge in [-0.2, -0.15) is 0 Å². The molecule has 5 heteroatoms. The van der Waals surface area contributed by atoms with Gasteiger partial charge in [-0.1, -0.05) is 6.07 Å². The molecule has 0 saturated carbocycles. The average molecular weight is 237 g/mol. The van der Waals surface area contributed by atoms with E-state index in [9.17, 15) is 9.59 Å². The molecule has 1 aromatic carbocycles. The molecule has 0 atom stereocenters. The van der Waals surface area contributed by atoms with Crippen LogP contribution in [0.5, 0.6) is 0 Å². The fraction of sp³-hybridized carbons (Fsp3) is 0.333. The Morgan fingerprint density at radius 3 is 2.00 bits per heavy atom. The molecule has 0 bridgehead atoms. The molecule has 17 heavy (non-hydrogen) atoms. The lowest BCUT2D eigenvalue weighted by atomic mass is 9.96. The van der Waals surface area contributed by atoms with E-state index in [4.69, 9.17) is 15.9 Å². The molecule has 92 valence electrons. The van der Waals surface area contributed by atoms with Crippen molar-refractivity contribution >= 4 is 11.9 Å². The van der Waals surface area contributed by atoms with Crippen LogP contribution in [0.1, 0.15) is 39.1 Å². The van der Waals surface area contributed by atoms with Crippen molar-refractivity contribution in [3.63, 3.8) is 0 Å². The third kappa shape index (κ3) is 3.29. The molecule has 1 rings (SSSR count). The van der Waals surface area contributed by atoms with Crippen LogP contribution in [-0.4, -0.2) is 28.7 Å². The second-order valence-electron chi connectivity index (χ2n) is 3.69. The molecular formula is C12H15NO4. The summed E-state index contributed by atoms with van der Waals surface area (Å²) in [5.41, 5.74) is 5.85. The van der Waals surface area contributed by atoms with E-state index in [1.54, 1.807) is 0 Å².